The molecular formula is C22H21BrCl2N8O2S. The maximum Gasteiger partial charge on any atom is 0.243 e. The third-order valence-corrected chi connectivity index (χ3v) is 7.37. The van der Waals surface area contributed by atoms with Gasteiger partial charge in [-0.25, -0.2) is 17.4 Å². The lowest BCUT2D eigenvalue weighted by molar-refractivity contribution is 0.600. The number of hydrogen-bond donors (Lipinski definition) is 1. The van der Waals surface area contributed by atoms with Crippen LogP contribution in [0.5, 0.6) is 0 Å². The Bertz CT molecular complexity index is 1640. The minimum atomic E-state index is -3.35. The summed E-state index contributed by atoms with van der Waals surface area (Å²) < 4.78 is 29.2. The molecule has 4 heterocycles. The molecule has 5 aromatic rings. The van der Waals surface area contributed by atoms with Crippen molar-refractivity contribution in [1.82, 2.24) is 29.2 Å². The van der Waals surface area contributed by atoms with Crippen molar-refractivity contribution in [1.29, 1.82) is 0 Å². The van der Waals surface area contributed by atoms with Gasteiger partial charge in [0.1, 0.15) is 0 Å². The van der Waals surface area contributed by atoms with Gasteiger partial charge in [0.2, 0.25) is 20.6 Å². The van der Waals surface area contributed by atoms with Crippen LogP contribution in [0.3, 0.4) is 0 Å². The number of pyridine rings is 2. The van der Waals surface area contributed by atoms with Crippen LogP contribution in [0.1, 0.15) is 18.5 Å². The number of halogens is 3. The maximum atomic E-state index is 11.9. The predicted octanol–water partition coefficient (Wildman–Crippen LogP) is 5.10. The number of fused-ring (bicyclic) bond motifs is 2. The number of nitrogens with zero attached hydrogens (tertiary/aromatic N) is 7. The van der Waals surface area contributed by atoms with Crippen LogP contribution in [0.4, 0.5) is 11.4 Å². The summed E-state index contributed by atoms with van der Waals surface area (Å²) in [5, 5.41) is 11.8. The summed E-state index contributed by atoms with van der Waals surface area (Å²) in [4.78, 5) is 8.19. The van der Waals surface area contributed by atoms with E-state index in [4.69, 9.17) is 23.2 Å². The van der Waals surface area contributed by atoms with E-state index in [2.05, 4.69) is 41.4 Å². The Kier molecular flexibility index (Phi) is 7.69. The number of nitrogens with one attached hydrogen (secondary N) is 1. The van der Waals surface area contributed by atoms with E-state index in [1.54, 1.807) is 34.5 Å². The molecule has 0 radical (unpaired) electrons. The van der Waals surface area contributed by atoms with Crippen LogP contribution in [-0.2, 0) is 10.0 Å². The second-order valence-corrected chi connectivity index (χ2v) is 11.3. The van der Waals surface area contributed by atoms with Crippen LogP contribution >= 0.6 is 39.1 Å². The lowest BCUT2D eigenvalue weighted by Crippen LogP contribution is -2.26. The SMILES string of the molecule is CC(Nc1cccn2nc(Cl)nc12)c1ccccc1N(C)S(C)(=O)=O.Clc1nc2c(Br)cccn2n1. The van der Waals surface area contributed by atoms with Crippen molar-refractivity contribution < 1.29 is 8.42 Å². The van der Waals surface area contributed by atoms with E-state index >= 15 is 0 Å². The van der Waals surface area contributed by atoms with Crippen LogP contribution in [0.15, 0.2) is 65.4 Å². The topological polar surface area (TPSA) is 110 Å². The van der Waals surface area contributed by atoms with Crippen LogP contribution in [0.25, 0.3) is 11.3 Å². The van der Waals surface area contributed by atoms with Gasteiger partial charge in [0, 0.05) is 19.4 Å². The van der Waals surface area contributed by atoms with Crippen LogP contribution in [-0.4, -0.2) is 50.9 Å². The molecule has 4 aromatic heterocycles. The van der Waals surface area contributed by atoms with E-state index in [1.165, 1.54) is 10.6 Å². The van der Waals surface area contributed by atoms with Gasteiger partial charge in [-0.2, -0.15) is 9.97 Å². The smallest absolute Gasteiger partial charge is 0.243 e. The molecule has 188 valence electrons. The fourth-order valence-electron chi connectivity index (χ4n) is 3.47. The summed E-state index contributed by atoms with van der Waals surface area (Å²) in [5.41, 5.74) is 3.57. The third-order valence-electron chi connectivity index (χ3n) is 5.24. The monoisotopic (exact) mass is 610 g/mol. The first-order chi connectivity index (χ1) is 17.0. The second-order valence-electron chi connectivity index (χ2n) is 7.73. The van der Waals surface area contributed by atoms with Gasteiger partial charge in [0.05, 0.1) is 28.1 Å². The highest BCUT2D eigenvalue weighted by atomic mass is 79.9. The molecule has 0 spiro atoms. The Hall–Kier alpha value is -2.93. The molecule has 0 aliphatic carbocycles. The Balaban J connectivity index is 0.000000229. The van der Waals surface area contributed by atoms with E-state index < -0.39 is 10.0 Å². The molecule has 36 heavy (non-hydrogen) atoms. The fourth-order valence-corrected chi connectivity index (χ4v) is 4.74. The van der Waals surface area contributed by atoms with E-state index in [0.717, 1.165) is 21.4 Å². The largest absolute Gasteiger partial charge is 0.375 e. The van der Waals surface area contributed by atoms with Gasteiger partial charge in [0.25, 0.3) is 0 Å². The van der Waals surface area contributed by atoms with Crippen molar-refractivity contribution in [2.75, 3.05) is 22.9 Å². The molecule has 1 unspecified atom stereocenters. The quantitative estimate of drug-likeness (QED) is 0.294. The van der Waals surface area contributed by atoms with Gasteiger partial charge >= 0.3 is 0 Å². The van der Waals surface area contributed by atoms with Gasteiger partial charge in [0.15, 0.2) is 11.3 Å². The lowest BCUT2D eigenvalue weighted by Gasteiger charge is -2.24. The molecule has 0 aliphatic heterocycles. The van der Waals surface area contributed by atoms with Gasteiger partial charge in [-0.3, -0.25) is 4.31 Å². The molecule has 1 atom stereocenters. The van der Waals surface area contributed by atoms with Gasteiger partial charge in [-0.05, 0) is 82.0 Å². The van der Waals surface area contributed by atoms with Crippen molar-refractivity contribution in [2.24, 2.45) is 0 Å². The number of benzene rings is 1. The zero-order valence-electron chi connectivity index (χ0n) is 19.3. The molecule has 10 nitrogen and oxygen atoms in total. The molecule has 0 saturated heterocycles. The van der Waals surface area contributed by atoms with Crippen molar-refractivity contribution in [2.45, 2.75) is 13.0 Å². The highest BCUT2D eigenvalue weighted by molar-refractivity contribution is 9.10. The van der Waals surface area contributed by atoms with Gasteiger partial charge < -0.3 is 5.32 Å². The molecule has 0 saturated carbocycles. The molecule has 1 aromatic carbocycles. The van der Waals surface area contributed by atoms with Crippen molar-refractivity contribution in [3.63, 3.8) is 0 Å². The van der Waals surface area contributed by atoms with E-state index in [1.807, 2.05) is 49.4 Å². The fraction of sp³-hybridized carbons (Fsp3) is 0.182. The minimum absolute atomic E-state index is 0.165. The Morgan fingerprint density at radius 2 is 1.53 bits per heavy atom. The summed E-state index contributed by atoms with van der Waals surface area (Å²) >= 11 is 14.8. The molecule has 1 N–H and O–H groups in total. The number of hydrogen-bond acceptors (Lipinski definition) is 7. The third kappa shape index (κ3) is 5.72. The average molecular weight is 612 g/mol. The van der Waals surface area contributed by atoms with Crippen LogP contribution < -0.4 is 9.62 Å². The zero-order chi connectivity index (χ0) is 26.0. The molecule has 0 fully saturated rings. The summed E-state index contributed by atoms with van der Waals surface area (Å²) in [6.45, 7) is 1.95. The Morgan fingerprint density at radius 3 is 2.17 bits per heavy atom. The summed E-state index contributed by atoms with van der Waals surface area (Å²) in [5.74, 6) is 0. The Morgan fingerprint density at radius 1 is 0.944 bits per heavy atom. The standard InChI is InChI=1S/C16H18ClN5O2S.C6H3BrClN3/c1-11(12-7-4-5-9-14(12)21(2)25(3,23)24)18-13-8-6-10-22-15(13)19-16(17)20-22;7-4-2-1-3-11-5(4)9-6(8)10-11/h4-11,18H,1-3H3;1-3H. The number of para-hydroxylation sites is 1. The first-order valence-electron chi connectivity index (χ1n) is 10.5. The van der Waals surface area contributed by atoms with Gasteiger partial charge in [-0.1, -0.05) is 18.2 Å². The first-order valence-corrected chi connectivity index (χ1v) is 13.9. The average Bonchev–Trinajstić information content (AvgIpc) is 3.41. The number of sulfonamides is 1. The highest BCUT2D eigenvalue weighted by Gasteiger charge is 2.19. The normalized spacial score (nSPS) is 12.3. The lowest BCUT2D eigenvalue weighted by atomic mass is 10.1. The Labute approximate surface area is 226 Å². The van der Waals surface area contributed by atoms with Crippen molar-refractivity contribution in [3.05, 3.63) is 81.5 Å². The second kappa shape index (κ2) is 10.6. The molecule has 0 bridgehead atoms. The summed E-state index contributed by atoms with van der Waals surface area (Å²) in [6.07, 6.45) is 4.73. The van der Waals surface area contributed by atoms with Crippen molar-refractivity contribution >= 4 is 71.8 Å². The first kappa shape index (κ1) is 26.1. The van der Waals surface area contributed by atoms with E-state index in [-0.39, 0.29) is 16.6 Å². The summed E-state index contributed by atoms with van der Waals surface area (Å²) in [7, 11) is -1.81. The van der Waals surface area contributed by atoms with Crippen LogP contribution in [0, 0.1) is 0 Å². The van der Waals surface area contributed by atoms with Gasteiger partial charge in [-0.15, -0.1) is 10.2 Å². The molecule has 0 amide bonds. The molecular weight excluding hydrogens is 591 g/mol. The maximum absolute atomic E-state index is 11.9. The van der Waals surface area contributed by atoms with Crippen LogP contribution in [0.2, 0.25) is 10.6 Å². The highest BCUT2D eigenvalue weighted by Crippen LogP contribution is 2.30. The number of rotatable bonds is 5. The zero-order valence-corrected chi connectivity index (χ0v) is 23.3. The van der Waals surface area contributed by atoms with Crippen molar-refractivity contribution in [3.8, 4) is 0 Å². The summed E-state index contributed by atoms with van der Waals surface area (Å²) in [6, 6.07) is 14.7. The predicted molar refractivity (Wildman–Crippen MR) is 145 cm³/mol. The molecule has 14 heteroatoms. The minimum Gasteiger partial charge on any atom is -0.375 e. The van der Waals surface area contributed by atoms with E-state index in [9.17, 15) is 8.42 Å². The molecule has 0 aliphatic rings. The number of aromatic nitrogens is 6. The number of anilines is 2. The van der Waals surface area contributed by atoms with E-state index in [0.29, 0.717) is 11.3 Å². The molecule has 5 rings (SSSR count).